The Hall–Kier alpha value is -3.73. The Bertz CT molecular complexity index is 1230. The summed E-state index contributed by atoms with van der Waals surface area (Å²) in [6.07, 6.45) is -4.54. The number of nitrogens with one attached hydrogen (secondary N) is 2. The predicted octanol–water partition coefficient (Wildman–Crippen LogP) is 4.87. The number of carbonyl (C=O) groups excluding carboxylic acids is 1. The van der Waals surface area contributed by atoms with Crippen molar-refractivity contribution in [2.75, 3.05) is 24.9 Å². The molecule has 2 heterocycles. The number of hydrogen-bond donors (Lipinski definition) is 3. The summed E-state index contributed by atoms with van der Waals surface area (Å²) >= 11 is 0. The van der Waals surface area contributed by atoms with Crippen molar-refractivity contribution in [3.8, 4) is 11.5 Å². The Labute approximate surface area is 199 Å². The van der Waals surface area contributed by atoms with Crippen molar-refractivity contribution in [1.29, 1.82) is 0 Å². The van der Waals surface area contributed by atoms with Gasteiger partial charge in [-0.25, -0.2) is 4.68 Å². The van der Waals surface area contributed by atoms with Crippen LogP contribution in [0.25, 0.3) is 0 Å². The van der Waals surface area contributed by atoms with E-state index in [-0.39, 0.29) is 17.8 Å². The summed E-state index contributed by atoms with van der Waals surface area (Å²) in [6, 6.07) is 8.76. The number of alkyl halides is 3. The minimum atomic E-state index is -4.59. The smallest absolute Gasteiger partial charge is 0.410 e. The number of ether oxygens (including phenoxy) is 2. The zero-order valence-electron chi connectivity index (χ0n) is 19.3. The number of aliphatic hydroxyl groups is 1. The number of fused-ring (bicyclic) bond motifs is 1. The minimum absolute atomic E-state index is 0.0353. The summed E-state index contributed by atoms with van der Waals surface area (Å²) in [7, 11) is 2.91. The molecule has 0 spiro atoms. The molecule has 35 heavy (non-hydrogen) atoms. The molecular formula is C24H25F3N4O4. The maximum absolute atomic E-state index is 14.0. The summed E-state index contributed by atoms with van der Waals surface area (Å²) in [4.78, 5) is 13.0. The number of nitrogens with zero attached hydrogens (tertiary/aromatic N) is 2. The lowest BCUT2D eigenvalue weighted by atomic mass is 9.96. The van der Waals surface area contributed by atoms with Crippen LogP contribution in [0.3, 0.4) is 0 Å². The standard InChI is InChI=1S/C24H25F3N4O4/c1-13(32)14-5-4-6-16(9-14)29-23(33)17-12-28-31-21(24(25,26)27)11-18(30-22(17)31)15-7-8-19(34-2)20(10-15)35-3/h4-10,12-13,18,21,30,32H,11H2,1-3H3,(H,29,33)/t13-,18-,21-/m1/s1. The molecule has 0 bridgehead atoms. The van der Waals surface area contributed by atoms with Gasteiger partial charge in [-0.1, -0.05) is 18.2 Å². The lowest BCUT2D eigenvalue weighted by molar-refractivity contribution is -0.173. The van der Waals surface area contributed by atoms with E-state index < -0.39 is 30.3 Å². The van der Waals surface area contributed by atoms with Crippen molar-refractivity contribution < 1.29 is 32.5 Å². The van der Waals surface area contributed by atoms with Crippen LogP contribution in [0.1, 0.15) is 53.0 Å². The van der Waals surface area contributed by atoms with Crippen LogP contribution < -0.4 is 20.1 Å². The van der Waals surface area contributed by atoms with Crippen LogP contribution >= 0.6 is 0 Å². The lowest BCUT2D eigenvalue weighted by Crippen LogP contribution is -2.36. The van der Waals surface area contributed by atoms with E-state index >= 15 is 0 Å². The molecule has 2 aromatic carbocycles. The summed E-state index contributed by atoms with van der Waals surface area (Å²) in [5.74, 6) is 0.160. The summed E-state index contributed by atoms with van der Waals surface area (Å²) in [5, 5.41) is 19.4. The molecule has 3 atom stereocenters. The Balaban J connectivity index is 1.68. The molecule has 0 radical (unpaired) electrons. The van der Waals surface area contributed by atoms with Crippen molar-refractivity contribution in [2.45, 2.75) is 37.7 Å². The Morgan fingerprint density at radius 1 is 1.20 bits per heavy atom. The minimum Gasteiger partial charge on any atom is -0.493 e. The zero-order chi connectivity index (χ0) is 25.3. The van der Waals surface area contributed by atoms with Gasteiger partial charge in [0.1, 0.15) is 11.4 Å². The Morgan fingerprint density at radius 2 is 1.94 bits per heavy atom. The van der Waals surface area contributed by atoms with E-state index in [1.165, 1.54) is 14.2 Å². The van der Waals surface area contributed by atoms with Crippen molar-refractivity contribution in [2.24, 2.45) is 0 Å². The predicted molar refractivity (Wildman–Crippen MR) is 123 cm³/mol. The molecule has 1 aliphatic rings. The molecule has 0 aliphatic carbocycles. The van der Waals surface area contributed by atoms with E-state index in [1.807, 2.05) is 0 Å². The zero-order valence-corrected chi connectivity index (χ0v) is 19.3. The molecule has 4 rings (SSSR count). The number of anilines is 2. The molecule has 11 heteroatoms. The van der Waals surface area contributed by atoms with Crippen LogP contribution in [0.15, 0.2) is 48.7 Å². The molecule has 3 aromatic rings. The van der Waals surface area contributed by atoms with Crippen LogP contribution in [0.5, 0.6) is 11.5 Å². The average molecular weight is 490 g/mol. The first-order chi connectivity index (χ1) is 16.6. The fourth-order valence-electron chi connectivity index (χ4n) is 4.09. The molecule has 1 aliphatic heterocycles. The van der Waals surface area contributed by atoms with Gasteiger partial charge < -0.3 is 25.2 Å². The van der Waals surface area contributed by atoms with Crippen molar-refractivity contribution in [1.82, 2.24) is 9.78 Å². The summed E-state index contributed by atoms with van der Waals surface area (Å²) < 4.78 is 53.3. The van der Waals surface area contributed by atoms with E-state index in [1.54, 1.807) is 49.4 Å². The average Bonchev–Trinajstić information content (AvgIpc) is 3.26. The number of methoxy groups -OCH3 is 2. The van der Waals surface area contributed by atoms with Crippen molar-refractivity contribution in [3.05, 3.63) is 65.4 Å². The van der Waals surface area contributed by atoms with Gasteiger partial charge in [0.25, 0.3) is 5.91 Å². The van der Waals surface area contributed by atoms with E-state index in [9.17, 15) is 23.1 Å². The monoisotopic (exact) mass is 490 g/mol. The highest BCUT2D eigenvalue weighted by Gasteiger charge is 2.47. The third kappa shape index (κ3) is 4.90. The first-order valence-electron chi connectivity index (χ1n) is 10.8. The molecule has 3 N–H and O–H groups in total. The van der Waals surface area contributed by atoms with Gasteiger partial charge in [-0.2, -0.15) is 18.3 Å². The van der Waals surface area contributed by atoms with E-state index in [0.717, 1.165) is 10.9 Å². The number of aliphatic hydroxyl groups excluding tert-OH is 1. The molecular weight excluding hydrogens is 465 g/mol. The molecule has 8 nitrogen and oxygen atoms in total. The van der Waals surface area contributed by atoms with E-state index in [4.69, 9.17) is 9.47 Å². The Morgan fingerprint density at radius 3 is 2.60 bits per heavy atom. The van der Waals surface area contributed by atoms with Crippen LogP contribution in [0.2, 0.25) is 0 Å². The number of amides is 1. The quantitative estimate of drug-likeness (QED) is 0.456. The van der Waals surface area contributed by atoms with Gasteiger partial charge in [-0.05, 0) is 42.3 Å². The van der Waals surface area contributed by atoms with Gasteiger partial charge in [0.15, 0.2) is 17.5 Å². The molecule has 1 amide bonds. The number of hydrogen-bond acceptors (Lipinski definition) is 6. The van der Waals surface area contributed by atoms with Crippen LogP contribution in [0, 0.1) is 0 Å². The second-order valence-electron chi connectivity index (χ2n) is 8.21. The van der Waals surface area contributed by atoms with Gasteiger partial charge in [0, 0.05) is 12.1 Å². The van der Waals surface area contributed by atoms with Gasteiger partial charge in [-0.3, -0.25) is 4.79 Å². The number of halogens is 3. The first-order valence-corrected chi connectivity index (χ1v) is 10.8. The number of rotatable bonds is 6. The normalized spacial score (nSPS) is 18.3. The van der Waals surface area contributed by atoms with Crippen LogP contribution in [0.4, 0.5) is 24.7 Å². The first kappa shape index (κ1) is 24.4. The second kappa shape index (κ2) is 9.49. The second-order valence-corrected chi connectivity index (χ2v) is 8.21. The van der Waals surface area contributed by atoms with Gasteiger partial charge in [0.05, 0.1) is 32.6 Å². The molecule has 0 saturated carbocycles. The van der Waals surface area contributed by atoms with Crippen LogP contribution in [-0.2, 0) is 0 Å². The lowest BCUT2D eigenvalue weighted by Gasteiger charge is -2.34. The summed E-state index contributed by atoms with van der Waals surface area (Å²) in [6.45, 7) is 1.59. The SMILES string of the molecule is COc1ccc([C@H]2C[C@H](C(F)(F)F)n3ncc(C(=O)Nc4cccc([C@@H](C)O)c4)c3N2)cc1OC. The topological polar surface area (TPSA) is 97.6 Å². The Kier molecular flexibility index (Phi) is 6.62. The van der Waals surface area contributed by atoms with Crippen LogP contribution in [-0.4, -0.2) is 41.2 Å². The van der Waals surface area contributed by atoms with Crippen molar-refractivity contribution >= 4 is 17.4 Å². The highest BCUT2D eigenvalue weighted by molar-refractivity contribution is 6.07. The van der Waals surface area contributed by atoms with E-state index in [0.29, 0.717) is 28.3 Å². The molecule has 0 unspecified atom stereocenters. The molecule has 0 fully saturated rings. The fraction of sp³-hybridized carbons (Fsp3) is 0.333. The molecule has 1 aromatic heterocycles. The summed E-state index contributed by atoms with van der Waals surface area (Å²) in [5.41, 5.74) is 1.49. The fourth-order valence-corrected chi connectivity index (χ4v) is 4.09. The highest BCUT2D eigenvalue weighted by Crippen LogP contribution is 2.45. The third-order valence-corrected chi connectivity index (χ3v) is 5.92. The van der Waals surface area contributed by atoms with Gasteiger partial charge >= 0.3 is 6.18 Å². The van der Waals surface area contributed by atoms with Gasteiger partial charge in [0.2, 0.25) is 0 Å². The van der Waals surface area contributed by atoms with Crippen molar-refractivity contribution in [3.63, 3.8) is 0 Å². The maximum Gasteiger partial charge on any atom is 0.410 e. The third-order valence-electron chi connectivity index (χ3n) is 5.92. The largest absolute Gasteiger partial charge is 0.493 e. The number of carbonyl (C=O) groups is 1. The van der Waals surface area contributed by atoms with E-state index in [2.05, 4.69) is 15.7 Å². The molecule has 0 saturated heterocycles. The maximum atomic E-state index is 14.0. The van der Waals surface area contributed by atoms with Gasteiger partial charge in [-0.15, -0.1) is 0 Å². The highest BCUT2D eigenvalue weighted by atomic mass is 19.4. The number of benzene rings is 2. The molecule has 186 valence electrons. The number of aromatic nitrogens is 2.